The van der Waals surface area contributed by atoms with Crippen molar-refractivity contribution < 1.29 is 4.74 Å². The van der Waals surface area contributed by atoms with Gasteiger partial charge in [0.2, 0.25) is 0 Å². The van der Waals surface area contributed by atoms with Gasteiger partial charge in [-0.3, -0.25) is 0 Å². The molecule has 2 aromatic rings. The number of rotatable bonds is 5. The predicted molar refractivity (Wildman–Crippen MR) is 88.5 cm³/mol. The Morgan fingerprint density at radius 3 is 2.29 bits per heavy atom. The first-order chi connectivity index (χ1) is 9.94. The average molecular weight is 283 g/mol. The molecule has 0 saturated carbocycles. The van der Waals surface area contributed by atoms with Gasteiger partial charge in [-0.1, -0.05) is 42.5 Å². The van der Waals surface area contributed by atoms with E-state index >= 15 is 0 Å². The molecule has 0 aromatic heterocycles. The van der Waals surface area contributed by atoms with E-state index < -0.39 is 0 Å². The van der Waals surface area contributed by atoms with Gasteiger partial charge >= 0.3 is 0 Å². The van der Waals surface area contributed by atoms with Crippen molar-refractivity contribution in [1.82, 2.24) is 5.32 Å². The predicted octanol–water partition coefficient (Wildman–Crippen LogP) is 4.46. The lowest BCUT2D eigenvalue weighted by atomic mass is 10.1. The lowest BCUT2D eigenvalue weighted by Crippen LogP contribution is -2.35. The average Bonchev–Trinajstić information content (AvgIpc) is 2.44. The Morgan fingerprint density at radius 1 is 0.952 bits per heavy atom. The number of hydrogen-bond donors (Lipinski definition) is 1. The van der Waals surface area contributed by atoms with Crippen LogP contribution in [0.25, 0.3) is 0 Å². The molecule has 0 amide bonds. The topological polar surface area (TPSA) is 21.3 Å². The summed E-state index contributed by atoms with van der Waals surface area (Å²) in [7, 11) is 0. The molecule has 0 spiro atoms. The van der Waals surface area contributed by atoms with Crippen LogP contribution in [-0.2, 0) is 13.2 Å². The molecule has 0 bridgehead atoms. The summed E-state index contributed by atoms with van der Waals surface area (Å²) in [4.78, 5) is 0. The van der Waals surface area contributed by atoms with Crippen molar-refractivity contribution >= 4 is 0 Å². The fourth-order valence-corrected chi connectivity index (χ4v) is 2.09. The number of nitrogens with one attached hydrogen (secondary N) is 1. The van der Waals surface area contributed by atoms with Crippen molar-refractivity contribution in [2.45, 2.75) is 46.4 Å². The molecule has 1 N–H and O–H groups in total. The number of ether oxygens (including phenoxy) is 1. The Bertz CT molecular complexity index is 570. The van der Waals surface area contributed by atoms with Gasteiger partial charge in [0, 0.05) is 12.1 Å². The van der Waals surface area contributed by atoms with Gasteiger partial charge in [0.15, 0.2) is 0 Å². The highest BCUT2D eigenvalue weighted by atomic mass is 16.5. The zero-order chi connectivity index (χ0) is 15.3. The van der Waals surface area contributed by atoms with E-state index in [9.17, 15) is 0 Å². The molecular formula is C19H25NO. The Morgan fingerprint density at radius 2 is 1.67 bits per heavy atom. The normalized spacial score (nSPS) is 11.4. The Hall–Kier alpha value is -1.80. The van der Waals surface area contributed by atoms with Gasteiger partial charge in [-0.25, -0.2) is 0 Å². The van der Waals surface area contributed by atoms with Gasteiger partial charge in [0.25, 0.3) is 0 Å². The Balaban J connectivity index is 1.96. The highest BCUT2D eigenvalue weighted by Gasteiger charge is 2.09. The van der Waals surface area contributed by atoms with Gasteiger partial charge in [-0.15, -0.1) is 0 Å². The van der Waals surface area contributed by atoms with Crippen molar-refractivity contribution in [3.63, 3.8) is 0 Å². The van der Waals surface area contributed by atoms with E-state index in [1.807, 2.05) is 18.2 Å². The first kappa shape index (κ1) is 15.6. The minimum atomic E-state index is 0.135. The summed E-state index contributed by atoms with van der Waals surface area (Å²) in [6.07, 6.45) is 0. The second-order valence-electron chi connectivity index (χ2n) is 6.48. The van der Waals surface area contributed by atoms with Crippen molar-refractivity contribution in [2.75, 3.05) is 0 Å². The van der Waals surface area contributed by atoms with Gasteiger partial charge < -0.3 is 10.1 Å². The molecule has 0 aliphatic heterocycles. The highest BCUT2D eigenvalue weighted by Crippen LogP contribution is 2.20. The summed E-state index contributed by atoms with van der Waals surface area (Å²) in [5.74, 6) is 0.957. The van der Waals surface area contributed by atoms with E-state index in [0.29, 0.717) is 6.61 Å². The third kappa shape index (κ3) is 5.24. The summed E-state index contributed by atoms with van der Waals surface area (Å²) in [5, 5.41) is 3.50. The maximum absolute atomic E-state index is 5.90. The molecule has 0 radical (unpaired) electrons. The zero-order valence-electron chi connectivity index (χ0n) is 13.4. The molecule has 2 nitrogen and oxygen atoms in total. The summed E-state index contributed by atoms with van der Waals surface area (Å²) in [6, 6.07) is 16.6. The lowest BCUT2D eigenvalue weighted by molar-refractivity contribution is 0.304. The van der Waals surface area contributed by atoms with Crippen molar-refractivity contribution in [3.8, 4) is 5.75 Å². The third-order valence-electron chi connectivity index (χ3n) is 3.30. The standard InChI is InChI=1S/C19H25NO/c1-15-12-17(13-20-19(2,3)4)10-11-18(15)21-14-16-8-6-5-7-9-16/h5-12,20H,13-14H2,1-4H3. The number of hydrogen-bond acceptors (Lipinski definition) is 2. The minimum Gasteiger partial charge on any atom is -0.489 e. The molecule has 2 heteroatoms. The smallest absolute Gasteiger partial charge is 0.122 e. The monoisotopic (exact) mass is 283 g/mol. The largest absolute Gasteiger partial charge is 0.489 e. The fraction of sp³-hybridized carbons (Fsp3) is 0.368. The van der Waals surface area contributed by atoms with E-state index in [-0.39, 0.29) is 5.54 Å². The van der Waals surface area contributed by atoms with Crippen LogP contribution in [0.15, 0.2) is 48.5 Å². The van der Waals surface area contributed by atoms with Crippen LogP contribution in [-0.4, -0.2) is 5.54 Å². The van der Waals surface area contributed by atoms with Crippen molar-refractivity contribution in [1.29, 1.82) is 0 Å². The maximum Gasteiger partial charge on any atom is 0.122 e. The third-order valence-corrected chi connectivity index (χ3v) is 3.30. The summed E-state index contributed by atoms with van der Waals surface area (Å²) >= 11 is 0. The molecule has 0 atom stereocenters. The zero-order valence-corrected chi connectivity index (χ0v) is 13.4. The minimum absolute atomic E-state index is 0.135. The number of aryl methyl sites for hydroxylation is 1. The van der Waals surface area contributed by atoms with Crippen molar-refractivity contribution in [3.05, 3.63) is 65.2 Å². The quantitative estimate of drug-likeness (QED) is 0.874. The molecule has 2 rings (SSSR count). The molecule has 0 fully saturated rings. The Kier molecular flexibility index (Phi) is 5.03. The van der Waals surface area contributed by atoms with Gasteiger partial charge in [0.05, 0.1) is 0 Å². The van der Waals surface area contributed by atoms with E-state index in [2.05, 4.69) is 63.3 Å². The molecule has 0 aliphatic rings. The molecule has 112 valence electrons. The molecule has 0 unspecified atom stereocenters. The second kappa shape index (κ2) is 6.77. The number of benzene rings is 2. The van der Waals surface area contributed by atoms with Crippen molar-refractivity contribution in [2.24, 2.45) is 0 Å². The first-order valence-corrected chi connectivity index (χ1v) is 7.45. The first-order valence-electron chi connectivity index (χ1n) is 7.45. The van der Waals surface area contributed by atoms with Crippen LogP contribution in [0, 0.1) is 6.92 Å². The Labute approximate surface area is 128 Å². The van der Waals surface area contributed by atoms with Crippen LogP contribution in [0.2, 0.25) is 0 Å². The van der Waals surface area contributed by atoms with Gasteiger partial charge in [-0.2, -0.15) is 0 Å². The van der Waals surface area contributed by atoms with Gasteiger partial charge in [-0.05, 0) is 50.5 Å². The van der Waals surface area contributed by atoms with E-state index in [4.69, 9.17) is 4.74 Å². The van der Waals surface area contributed by atoms with E-state index in [0.717, 1.165) is 12.3 Å². The maximum atomic E-state index is 5.90. The van der Waals surface area contributed by atoms with Crippen LogP contribution >= 0.6 is 0 Å². The molecule has 0 heterocycles. The van der Waals surface area contributed by atoms with Gasteiger partial charge in [0.1, 0.15) is 12.4 Å². The summed E-state index contributed by atoms with van der Waals surface area (Å²) in [5.41, 5.74) is 3.79. The SMILES string of the molecule is Cc1cc(CNC(C)(C)C)ccc1OCc1ccccc1. The molecule has 21 heavy (non-hydrogen) atoms. The van der Waals surface area contributed by atoms with E-state index in [1.165, 1.54) is 16.7 Å². The summed E-state index contributed by atoms with van der Waals surface area (Å²) in [6.45, 7) is 10.1. The van der Waals surface area contributed by atoms with Crippen LogP contribution in [0.5, 0.6) is 5.75 Å². The molecule has 0 saturated heterocycles. The van der Waals surface area contributed by atoms with Crippen LogP contribution < -0.4 is 10.1 Å². The molecule has 0 aliphatic carbocycles. The van der Waals surface area contributed by atoms with Crippen LogP contribution in [0.4, 0.5) is 0 Å². The van der Waals surface area contributed by atoms with Crippen LogP contribution in [0.3, 0.4) is 0 Å². The summed E-state index contributed by atoms with van der Waals surface area (Å²) < 4.78 is 5.90. The highest BCUT2D eigenvalue weighted by molar-refractivity contribution is 5.36. The lowest BCUT2D eigenvalue weighted by Gasteiger charge is -2.21. The fourth-order valence-electron chi connectivity index (χ4n) is 2.09. The molecule has 2 aromatic carbocycles. The molecular weight excluding hydrogens is 258 g/mol. The second-order valence-corrected chi connectivity index (χ2v) is 6.48. The van der Waals surface area contributed by atoms with E-state index in [1.54, 1.807) is 0 Å². The van der Waals surface area contributed by atoms with Crippen LogP contribution in [0.1, 0.15) is 37.5 Å².